The molecule has 1 aliphatic heterocycles. The normalized spacial score (nSPS) is 16.2. The van der Waals surface area contributed by atoms with Crippen LogP contribution in [0.5, 0.6) is 11.8 Å². The highest BCUT2D eigenvalue weighted by atomic mass is 19.1. The van der Waals surface area contributed by atoms with Gasteiger partial charge in [0, 0.05) is 18.1 Å². The maximum atomic E-state index is 16.4. The minimum Gasteiger partial charge on any atom is -0.463 e. The Balaban J connectivity index is 1.30. The number of urea groups is 1. The van der Waals surface area contributed by atoms with Crippen molar-refractivity contribution in [2.75, 3.05) is 6.61 Å². The number of halogens is 1. The summed E-state index contributed by atoms with van der Waals surface area (Å²) in [6, 6.07) is 10.3. The molecule has 0 spiro atoms. The molecule has 2 unspecified atom stereocenters. The lowest BCUT2D eigenvalue weighted by molar-refractivity contribution is -0.183. The van der Waals surface area contributed by atoms with Crippen molar-refractivity contribution in [3.8, 4) is 17.8 Å². The van der Waals surface area contributed by atoms with Crippen molar-refractivity contribution in [2.24, 2.45) is 5.16 Å². The second-order valence-electron chi connectivity index (χ2n) is 14.3. The highest BCUT2D eigenvalue weighted by Gasteiger charge is 2.65. The van der Waals surface area contributed by atoms with Gasteiger partial charge >= 0.3 is 29.6 Å². The summed E-state index contributed by atoms with van der Waals surface area (Å²) >= 11 is 0. The second kappa shape index (κ2) is 24.6. The van der Waals surface area contributed by atoms with Gasteiger partial charge in [0.1, 0.15) is 23.6 Å². The van der Waals surface area contributed by atoms with Gasteiger partial charge < -0.3 is 23.5 Å². The summed E-state index contributed by atoms with van der Waals surface area (Å²) in [6.07, 6.45) is 17.9. The summed E-state index contributed by atoms with van der Waals surface area (Å²) < 4.78 is 36.9. The Morgan fingerprint density at radius 1 is 0.885 bits per heavy atom. The molecule has 61 heavy (non-hydrogen) atoms. The van der Waals surface area contributed by atoms with E-state index in [1.54, 1.807) is 0 Å². The lowest BCUT2D eigenvalue weighted by Gasteiger charge is -2.37. The van der Waals surface area contributed by atoms with Crippen molar-refractivity contribution in [3.05, 3.63) is 77.2 Å². The van der Waals surface area contributed by atoms with Gasteiger partial charge in [-0.3, -0.25) is 19.7 Å². The number of rotatable bonds is 25. The zero-order valence-corrected chi connectivity index (χ0v) is 34.5. The zero-order chi connectivity index (χ0) is 44.0. The van der Waals surface area contributed by atoms with Crippen molar-refractivity contribution in [1.29, 1.82) is 5.26 Å². The number of carbonyl (C=O) groups excluding carboxylic acids is 6. The quantitative estimate of drug-likeness (QED) is 0.0212. The molecule has 1 fully saturated rings. The number of pyridine rings is 1. The summed E-state index contributed by atoms with van der Waals surface area (Å²) in [5, 5.41) is 15.0. The topological polar surface area (TPSA) is 217 Å². The van der Waals surface area contributed by atoms with E-state index in [-0.39, 0.29) is 40.7 Å². The Morgan fingerprint density at radius 2 is 1.52 bits per heavy atom. The average Bonchev–Trinajstić information content (AvgIpc) is 3.78. The monoisotopic (exact) mass is 845 g/mol. The molecule has 2 atom stereocenters. The minimum absolute atomic E-state index is 0.143. The van der Waals surface area contributed by atoms with Crippen LogP contribution in [-0.2, 0) is 24.0 Å². The standard InChI is InChI=1S/C44H52FN5O11/c1-3-5-6-7-8-9-10-11-12-13-14-15-16-17-18-24-36(51)59-35-26-25-33(29-46)37(48-35)60-39(53)32-22-19-21-31(28-32)38(52)50-41(54)44(45,42(55)57-4-2)40(49-43(50)56)61-47-30-34-23-20-27-58-34/h19-23,25-28,30,40H,3-18,24H2,1-2H3,(H,49,56). The summed E-state index contributed by atoms with van der Waals surface area (Å²) in [5.74, 6) is -7.39. The third kappa shape index (κ3) is 13.8. The molecule has 0 radical (unpaired) electrons. The van der Waals surface area contributed by atoms with Crippen LogP contribution < -0.4 is 14.8 Å². The largest absolute Gasteiger partial charge is 0.463 e. The van der Waals surface area contributed by atoms with E-state index in [1.807, 2.05) is 11.4 Å². The number of carbonyl (C=O) groups is 6. The summed E-state index contributed by atoms with van der Waals surface area (Å²) in [4.78, 5) is 87.4. The lowest BCUT2D eigenvalue weighted by Crippen LogP contribution is -2.72. The van der Waals surface area contributed by atoms with Crippen LogP contribution in [0.2, 0.25) is 0 Å². The SMILES string of the molecule is CCCCCCCCCCCCCCCCCC(=O)Oc1ccc(C#N)c(OC(=O)c2cccc(C(=O)N3C(=O)NC(ON=Cc4ccco4)C(F)(C(=O)OCC)C3=O)c2)n1. The third-order valence-electron chi connectivity index (χ3n) is 9.69. The lowest BCUT2D eigenvalue weighted by atomic mass is 9.99. The highest BCUT2D eigenvalue weighted by molar-refractivity contribution is 6.24. The molecular weight excluding hydrogens is 794 g/mol. The van der Waals surface area contributed by atoms with Crippen molar-refractivity contribution < 1.29 is 56.6 Å². The molecule has 326 valence electrons. The number of nitrogens with zero attached hydrogens (tertiary/aromatic N) is 4. The number of nitrogens with one attached hydrogen (secondary N) is 1. The molecule has 3 heterocycles. The molecule has 3 aromatic rings. The van der Waals surface area contributed by atoms with Gasteiger partial charge in [-0.05, 0) is 49.7 Å². The van der Waals surface area contributed by atoms with Gasteiger partial charge in [0.25, 0.3) is 18.0 Å². The fraction of sp³-hybridized carbons (Fsp3) is 0.477. The highest BCUT2D eigenvalue weighted by Crippen LogP contribution is 2.29. The van der Waals surface area contributed by atoms with E-state index in [1.165, 1.54) is 120 Å². The van der Waals surface area contributed by atoms with Crippen molar-refractivity contribution in [3.63, 3.8) is 0 Å². The number of alkyl halides is 1. The Labute approximate surface area is 353 Å². The molecule has 17 heteroatoms. The number of amides is 4. The number of benzene rings is 1. The van der Waals surface area contributed by atoms with Gasteiger partial charge in [-0.15, -0.1) is 0 Å². The molecule has 0 saturated carbocycles. The van der Waals surface area contributed by atoms with E-state index >= 15 is 4.39 Å². The molecule has 16 nitrogen and oxygen atoms in total. The zero-order valence-electron chi connectivity index (χ0n) is 34.5. The first kappa shape index (κ1) is 47.2. The van der Waals surface area contributed by atoms with E-state index in [4.69, 9.17) is 23.5 Å². The van der Waals surface area contributed by atoms with E-state index in [0.29, 0.717) is 6.42 Å². The molecule has 2 aromatic heterocycles. The van der Waals surface area contributed by atoms with Crippen LogP contribution in [0.4, 0.5) is 9.18 Å². The minimum atomic E-state index is -3.78. The fourth-order valence-electron chi connectivity index (χ4n) is 6.37. The van der Waals surface area contributed by atoms with E-state index in [0.717, 1.165) is 37.6 Å². The number of ether oxygens (including phenoxy) is 3. The number of unbranched alkanes of at least 4 members (excludes halogenated alkanes) is 14. The molecule has 1 aromatic carbocycles. The van der Waals surface area contributed by atoms with E-state index in [2.05, 4.69) is 17.1 Å². The second-order valence-corrected chi connectivity index (χ2v) is 14.3. The first-order valence-electron chi connectivity index (χ1n) is 20.8. The van der Waals surface area contributed by atoms with Crippen molar-refractivity contribution >= 4 is 42.0 Å². The smallest absolute Gasteiger partial charge is 0.360 e. The maximum absolute atomic E-state index is 16.4. The van der Waals surface area contributed by atoms with Crippen LogP contribution in [0.3, 0.4) is 0 Å². The third-order valence-corrected chi connectivity index (χ3v) is 9.69. The van der Waals surface area contributed by atoms with Crippen LogP contribution in [0.15, 0.2) is 64.4 Å². The van der Waals surface area contributed by atoms with Gasteiger partial charge in [0.15, 0.2) is 0 Å². The number of aromatic nitrogens is 1. The predicted octanol–water partition coefficient (Wildman–Crippen LogP) is 8.27. The number of oxime groups is 1. The first-order valence-corrected chi connectivity index (χ1v) is 20.8. The molecule has 0 bridgehead atoms. The van der Waals surface area contributed by atoms with E-state index < -0.39 is 59.1 Å². The van der Waals surface area contributed by atoms with Crippen LogP contribution in [0.25, 0.3) is 0 Å². The molecular formula is C44H52FN5O11. The predicted molar refractivity (Wildman–Crippen MR) is 217 cm³/mol. The van der Waals surface area contributed by atoms with Gasteiger partial charge in [-0.2, -0.15) is 15.1 Å². The summed E-state index contributed by atoms with van der Waals surface area (Å²) in [6.45, 7) is 3.20. The molecule has 1 aliphatic rings. The molecule has 0 aliphatic carbocycles. The number of furan rings is 1. The molecule has 4 amide bonds. The molecule has 4 rings (SSSR count). The van der Waals surface area contributed by atoms with Crippen LogP contribution in [0.1, 0.15) is 149 Å². The van der Waals surface area contributed by atoms with Crippen LogP contribution in [0, 0.1) is 11.3 Å². The molecule has 1 N–H and O–H groups in total. The van der Waals surface area contributed by atoms with Gasteiger partial charge in [0.2, 0.25) is 11.8 Å². The Hall–Kier alpha value is -6.44. The maximum Gasteiger partial charge on any atom is 0.360 e. The van der Waals surface area contributed by atoms with Crippen molar-refractivity contribution in [1.82, 2.24) is 15.2 Å². The summed E-state index contributed by atoms with van der Waals surface area (Å²) in [5.41, 5.74) is -4.75. The number of hydrogen-bond donors (Lipinski definition) is 1. The van der Waals surface area contributed by atoms with Gasteiger partial charge in [0.05, 0.1) is 18.4 Å². The Morgan fingerprint density at radius 3 is 2.13 bits per heavy atom. The van der Waals surface area contributed by atoms with Gasteiger partial charge in [-0.25, -0.2) is 18.8 Å². The first-order chi connectivity index (χ1) is 29.5. The van der Waals surface area contributed by atoms with Crippen LogP contribution in [-0.4, -0.2) is 70.4 Å². The average molecular weight is 846 g/mol. The fourth-order valence-corrected chi connectivity index (χ4v) is 6.37. The van der Waals surface area contributed by atoms with Crippen LogP contribution >= 0.6 is 0 Å². The van der Waals surface area contributed by atoms with Crippen molar-refractivity contribution in [2.45, 2.75) is 128 Å². The van der Waals surface area contributed by atoms with Gasteiger partial charge in [-0.1, -0.05) is 108 Å². The number of hydrogen-bond acceptors (Lipinski definition) is 14. The Bertz CT molecular complexity index is 2030. The van der Waals surface area contributed by atoms with E-state index in [9.17, 15) is 34.0 Å². The number of nitriles is 1. The Kier molecular flexibility index (Phi) is 19.0. The molecule has 1 saturated heterocycles. The number of esters is 3. The summed E-state index contributed by atoms with van der Waals surface area (Å²) in [7, 11) is 0. The number of imide groups is 3.